The van der Waals surface area contributed by atoms with Crippen molar-refractivity contribution in [2.45, 2.75) is 33.1 Å². The molecule has 0 aliphatic carbocycles. The normalized spacial score (nSPS) is 13.6. The summed E-state index contributed by atoms with van der Waals surface area (Å²) in [7, 11) is 1.57. The number of carbonyl (C=O) groups is 2. The molecule has 6 heteroatoms. The maximum Gasteiger partial charge on any atom is 0.256 e. The number of amides is 2. The predicted octanol–water partition coefficient (Wildman–Crippen LogP) is 4.42. The Hall–Kier alpha value is -3.02. The first-order chi connectivity index (χ1) is 14.6. The molecular formula is C24H31N3O3. The zero-order valence-electron chi connectivity index (χ0n) is 18.1. The number of hydrogen-bond acceptors (Lipinski definition) is 4. The summed E-state index contributed by atoms with van der Waals surface area (Å²) in [5.74, 6) is 0.388. The first-order valence-corrected chi connectivity index (χ1v) is 10.7. The lowest BCUT2D eigenvalue weighted by molar-refractivity contribution is 0.0773. The fourth-order valence-electron chi connectivity index (χ4n) is 3.84. The first kappa shape index (κ1) is 21.7. The van der Waals surface area contributed by atoms with Gasteiger partial charge in [-0.3, -0.25) is 9.59 Å². The third-order valence-electron chi connectivity index (χ3n) is 5.56. The van der Waals surface area contributed by atoms with Crippen molar-refractivity contribution in [3.05, 3.63) is 53.6 Å². The molecule has 1 heterocycles. The largest absolute Gasteiger partial charge is 0.497 e. The summed E-state index contributed by atoms with van der Waals surface area (Å²) in [5, 5.41) is 2.93. The fraction of sp³-hybridized carbons (Fsp3) is 0.417. The van der Waals surface area contributed by atoms with E-state index in [1.54, 1.807) is 31.4 Å². The molecule has 2 aromatic rings. The third-order valence-corrected chi connectivity index (χ3v) is 5.56. The van der Waals surface area contributed by atoms with Crippen LogP contribution in [0, 0.1) is 0 Å². The molecule has 3 rings (SSSR count). The van der Waals surface area contributed by atoms with E-state index in [1.165, 1.54) is 6.42 Å². The van der Waals surface area contributed by atoms with Gasteiger partial charge in [0.15, 0.2) is 0 Å². The van der Waals surface area contributed by atoms with Gasteiger partial charge in [0.05, 0.1) is 12.7 Å². The Kier molecular flexibility index (Phi) is 7.33. The van der Waals surface area contributed by atoms with E-state index in [4.69, 9.17) is 4.74 Å². The van der Waals surface area contributed by atoms with Gasteiger partial charge in [0.2, 0.25) is 0 Å². The topological polar surface area (TPSA) is 61.9 Å². The zero-order valence-corrected chi connectivity index (χ0v) is 18.1. The van der Waals surface area contributed by atoms with E-state index in [2.05, 4.69) is 10.2 Å². The van der Waals surface area contributed by atoms with Crippen LogP contribution in [0.15, 0.2) is 42.5 Å². The van der Waals surface area contributed by atoms with Gasteiger partial charge in [0.25, 0.3) is 11.8 Å². The highest BCUT2D eigenvalue weighted by Crippen LogP contribution is 2.29. The summed E-state index contributed by atoms with van der Waals surface area (Å²) >= 11 is 0. The lowest BCUT2D eigenvalue weighted by Crippen LogP contribution is -2.35. The van der Waals surface area contributed by atoms with Crippen LogP contribution in [0.25, 0.3) is 0 Å². The molecule has 0 atom stereocenters. The Morgan fingerprint density at radius 3 is 2.43 bits per heavy atom. The van der Waals surface area contributed by atoms with Crippen LogP contribution < -0.4 is 15.0 Å². The molecule has 0 saturated carbocycles. The zero-order chi connectivity index (χ0) is 21.5. The van der Waals surface area contributed by atoms with Gasteiger partial charge >= 0.3 is 0 Å². The van der Waals surface area contributed by atoms with Crippen molar-refractivity contribution in [2.75, 3.05) is 43.5 Å². The van der Waals surface area contributed by atoms with E-state index < -0.39 is 0 Å². The number of anilines is 2. The Balaban J connectivity index is 1.90. The highest BCUT2D eigenvalue weighted by Gasteiger charge is 2.22. The van der Waals surface area contributed by atoms with Crippen molar-refractivity contribution in [3.8, 4) is 5.75 Å². The molecule has 0 aromatic heterocycles. The second-order valence-electron chi connectivity index (χ2n) is 7.44. The molecule has 2 amide bonds. The molecule has 1 saturated heterocycles. The highest BCUT2D eigenvalue weighted by atomic mass is 16.5. The molecule has 0 unspecified atom stereocenters. The van der Waals surface area contributed by atoms with Crippen molar-refractivity contribution in [1.82, 2.24) is 4.90 Å². The Morgan fingerprint density at radius 2 is 1.77 bits per heavy atom. The number of hydrogen-bond donors (Lipinski definition) is 1. The number of benzene rings is 2. The lowest BCUT2D eigenvalue weighted by Gasteiger charge is -2.31. The Labute approximate surface area is 178 Å². The van der Waals surface area contributed by atoms with Crippen LogP contribution in [0.2, 0.25) is 0 Å². The van der Waals surface area contributed by atoms with Gasteiger partial charge in [0.1, 0.15) is 5.75 Å². The van der Waals surface area contributed by atoms with Gasteiger partial charge in [0, 0.05) is 43.1 Å². The van der Waals surface area contributed by atoms with E-state index >= 15 is 0 Å². The Morgan fingerprint density at radius 1 is 1.03 bits per heavy atom. The molecule has 0 radical (unpaired) electrons. The monoisotopic (exact) mass is 409 g/mol. The summed E-state index contributed by atoms with van der Waals surface area (Å²) in [6.45, 7) is 7.17. The SMILES string of the molecule is CCN(CC)C(=O)c1cc(NC(=O)c2cccc(OC)c2)ccc1N1CCCCC1. The molecule has 160 valence electrons. The van der Waals surface area contributed by atoms with Crippen LogP contribution >= 0.6 is 0 Å². The standard InChI is InChI=1S/C24H31N3O3/c1-4-26(5-2)24(29)21-17-19(12-13-22(21)27-14-7-6-8-15-27)25-23(28)18-10-9-11-20(16-18)30-3/h9-13,16-17H,4-8,14-15H2,1-3H3,(H,25,28). The van der Waals surface area contributed by atoms with Crippen LogP contribution in [-0.4, -0.2) is 50.0 Å². The first-order valence-electron chi connectivity index (χ1n) is 10.7. The van der Waals surface area contributed by atoms with Gasteiger partial charge in [-0.25, -0.2) is 0 Å². The second-order valence-corrected chi connectivity index (χ2v) is 7.44. The summed E-state index contributed by atoms with van der Waals surface area (Å²) in [5.41, 5.74) is 2.71. The van der Waals surface area contributed by atoms with Gasteiger partial charge in [-0.2, -0.15) is 0 Å². The molecule has 0 bridgehead atoms. The third kappa shape index (κ3) is 4.93. The molecule has 6 nitrogen and oxygen atoms in total. The maximum atomic E-state index is 13.2. The minimum atomic E-state index is -0.235. The number of carbonyl (C=O) groups excluding carboxylic acids is 2. The van der Waals surface area contributed by atoms with Crippen LogP contribution in [0.1, 0.15) is 53.8 Å². The van der Waals surface area contributed by atoms with Crippen molar-refractivity contribution < 1.29 is 14.3 Å². The number of piperidine rings is 1. The molecule has 1 aliphatic rings. The van der Waals surface area contributed by atoms with Crippen molar-refractivity contribution in [3.63, 3.8) is 0 Å². The molecular weight excluding hydrogens is 378 g/mol. The highest BCUT2D eigenvalue weighted by molar-refractivity contribution is 6.06. The lowest BCUT2D eigenvalue weighted by atomic mass is 10.0. The number of nitrogens with zero attached hydrogens (tertiary/aromatic N) is 2. The van der Waals surface area contributed by atoms with E-state index in [9.17, 15) is 9.59 Å². The molecule has 1 fully saturated rings. The molecule has 30 heavy (non-hydrogen) atoms. The van der Waals surface area contributed by atoms with Crippen molar-refractivity contribution >= 4 is 23.2 Å². The van der Waals surface area contributed by atoms with Crippen LogP contribution in [0.5, 0.6) is 5.75 Å². The molecule has 0 spiro atoms. The van der Waals surface area contributed by atoms with Gasteiger partial charge in [-0.05, 0) is 69.5 Å². The summed E-state index contributed by atoms with van der Waals surface area (Å²) in [6.07, 6.45) is 3.49. The smallest absolute Gasteiger partial charge is 0.256 e. The summed E-state index contributed by atoms with van der Waals surface area (Å²) < 4.78 is 5.20. The summed E-state index contributed by atoms with van der Waals surface area (Å²) in [4.78, 5) is 30.1. The predicted molar refractivity (Wildman–Crippen MR) is 121 cm³/mol. The second kappa shape index (κ2) is 10.1. The van der Waals surface area contributed by atoms with E-state index in [-0.39, 0.29) is 11.8 Å². The molecule has 1 N–H and O–H groups in total. The van der Waals surface area contributed by atoms with E-state index in [1.807, 2.05) is 36.9 Å². The van der Waals surface area contributed by atoms with E-state index in [0.717, 1.165) is 31.6 Å². The minimum Gasteiger partial charge on any atom is -0.497 e. The van der Waals surface area contributed by atoms with Crippen molar-refractivity contribution in [1.29, 1.82) is 0 Å². The number of rotatable bonds is 7. The molecule has 1 aliphatic heterocycles. The van der Waals surface area contributed by atoms with Gasteiger partial charge in [-0.1, -0.05) is 6.07 Å². The fourth-order valence-corrected chi connectivity index (χ4v) is 3.84. The van der Waals surface area contributed by atoms with Crippen LogP contribution in [0.3, 0.4) is 0 Å². The van der Waals surface area contributed by atoms with Crippen molar-refractivity contribution in [2.24, 2.45) is 0 Å². The van der Waals surface area contributed by atoms with E-state index in [0.29, 0.717) is 35.7 Å². The average molecular weight is 410 g/mol. The molecule has 2 aromatic carbocycles. The Bertz CT molecular complexity index is 887. The number of methoxy groups -OCH3 is 1. The van der Waals surface area contributed by atoms with Gasteiger partial charge < -0.3 is 19.9 Å². The average Bonchev–Trinajstić information content (AvgIpc) is 2.80. The number of nitrogens with one attached hydrogen (secondary N) is 1. The van der Waals surface area contributed by atoms with Crippen LogP contribution in [-0.2, 0) is 0 Å². The van der Waals surface area contributed by atoms with Crippen LogP contribution in [0.4, 0.5) is 11.4 Å². The van der Waals surface area contributed by atoms with Gasteiger partial charge in [-0.15, -0.1) is 0 Å². The quantitative estimate of drug-likeness (QED) is 0.735. The maximum absolute atomic E-state index is 13.2. The number of ether oxygens (including phenoxy) is 1. The summed E-state index contributed by atoms with van der Waals surface area (Å²) in [6, 6.07) is 12.7. The minimum absolute atomic E-state index is 0.00180.